The van der Waals surface area contributed by atoms with Gasteiger partial charge in [-0.2, -0.15) is 0 Å². The number of aldehydes is 1. The van der Waals surface area contributed by atoms with Crippen LogP contribution in [0, 0.1) is 5.92 Å². The number of benzene rings is 2. The molecule has 2 unspecified atom stereocenters. The van der Waals surface area contributed by atoms with Gasteiger partial charge in [0.25, 0.3) is 0 Å². The van der Waals surface area contributed by atoms with Crippen molar-refractivity contribution in [3.8, 4) is 5.75 Å². The molecule has 4 N–H and O–H groups in total. The molecule has 1 saturated carbocycles. The van der Waals surface area contributed by atoms with E-state index >= 15 is 0 Å². The molecule has 0 heterocycles. The van der Waals surface area contributed by atoms with Crippen molar-refractivity contribution >= 4 is 35.8 Å². The third kappa shape index (κ3) is 10.6. The first-order valence-corrected chi connectivity index (χ1v) is 15.2. The molecule has 0 aliphatic heterocycles. The maximum absolute atomic E-state index is 13.1. The Balaban J connectivity index is 1.48. The Morgan fingerprint density at radius 3 is 2.50 bits per heavy atom. The lowest BCUT2D eigenvalue weighted by atomic mass is 9.97. The number of likely N-dealkylation sites (N-methyl/N-ethyl adjacent to an activating group) is 1. The summed E-state index contributed by atoms with van der Waals surface area (Å²) < 4.78 is 6.05. The quantitative estimate of drug-likeness (QED) is 0.160. The van der Waals surface area contributed by atoms with Crippen molar-refractivity contribution in [3.05, 3.63) is 70.8 Å². The second kappa shape index (κ2) is 17.0. The predicted molar refractivity (Wildman–Crippen MR) is 169 cm³/mol. The standard InChI is InChI=1S/C33H45ClN4O4/c1-24(2)20-29(32(41)38-33(23-39)15-6-7-16-33)36-18-19-42-30-14-5-4-11-26(30)12-9-17-37-31(40)28(35-3)22-25-10-8-13-27(34)21-25/h4-5,8-14,21,23-24,28-29,35-36H,6-7,15-20,22H2,1-3H3,(H,37,40)(H,38,41)/b12-9+. The Hall–Kier alpha value is -3.20. The fourth-order valence-corrected chi connectivity index (χ4v) is 5.42. The summed E-state index contributed by atoms with van der Waals surface area (Å²) in [6, 6.07) is 14.4. The van der Waals surface area contributed by atoms with Crippen LogP contribution < -0.4 is 26.0 Å². The number of hydrogen-bond donors (Lipinski definition) is 4. The lowest BCUT2D eigenvalue weighted by Gasteiger charge is -2.28. The van der Waals surface area contributed by atoms with Gasteiger partial charge in [-0.15, -0.1) is 0 Å². The van der Waals surface area contributed by atoms with Crippen LogP contribution in [0.15, 0.2) is 54.6 Å². The summed E-state index contributed by atoms with van der Waals surface area (Å²) >= 11 is 6.08. The average molecular weight is 597 g/mol. The average Bonchev–Trinajstić information content (AvgIpc) is 3.44. The van der Waals surface area contributed by atoms with Crippen LogP contribution in [0.1, 0.15) is 57.1 Å². The van der Waals surface area contributed by atoms with Crippen LogP contribution in [0.3, 0.4) is 0 Å². The van der Waals surface area contributed by atoms with Gasteiger partial charge in [0, 0.05) is 23.7 Å². The molecule has 0 radical (unpaired) electrons. The number of hydrogen-bond acceptors (Lipinski definition) is 6. The topological polar surface area (TPSA) is 109 Å². The van der Waals surface area contributed by atoms with Crippen LogP contribution in [-0.4, -0.2) is 62.5 Å². The van der Waals surface area contributed by atoms with Gasteiger partial charge in [-0.3, -0.25) is 9.59 Å². The summed E-state index contributed by atoms with van der Waals surface area (Å²) in [6.45, 7) is 5.37. The Bertz CT molecular complexity index is 1200. The number of amides is 2. The van der Waals surface area contributed by atoms with Crippen molar-refractivity contribution in [3.63, 3.8) is 0 Å². The minimum Gasteiger partial charge on any atom is -0.492 e. The van der Waals surface area contributed by atoms with E-state index in [1.54, 1.807) is 7.05 Å². The first kappa shape index (κ1) is 33.3. The number of rotatable bonds is 17. The first-order chi connectivity index (χ1) is 20.2. The van der Waals surface area contributed by atoms with Gasteiger partial charge in [-0.25, -0.2) is 0 Å². The maximum atomic E-state index is 13.1. The number of carbonyl (C=O) groups is 3. The molecule has 8 nitrogen and oxygen atoms in total. The summed E-state index contributed by atoms with van der Waals surface area (Å²) in [5.74, 6) is 0.809. The molecule has 228 valence electrons. The molecular formula is C33H45ClN4O4. The molecule has 2 aromatic carbocycles. The van der Waals surface area contributed by atoms with E-state index in [-0.39, 0.29) is 17.9 Å². The van der Waals surface area contributed by atoms with E-state index in [1.807, 2.05) is 60.7 Å². The number of carbonyl (C=O) groups excluding carboxylic acids is 3. The van der Waals surface area contributed by atoms with Crippen LogP contribution in [0.25, 0.3) is 6.08 Å². The van der Waals surface area contributed by atoms with Gasteiger partial charge >= 0.3 is 0 Å². The Kier molecular flexibility index (Phi) is 13.5. The fourth-order valence-electron chi connectivity index (χ4n) is 5.20. The van der Waals surface area contributed by atoms with E-state index in [9.17, 15) is 14.4 Å². The molecule has 2 aromatic rings. The highest BCUT2D eigenvalue weighted by atomic mass is 35.5. The summed E-state index contributed by atoms with van der Waals surface area (Å²) in [7, 11) is 1.77. The molecule has 1 fully saturated rings. The normalized spacial score (nSPS) is 15.8. The molecule has 3 rings (SSSR count). The molecule has 2 atom stereocenters. The first-order valence-electron chi connectivity index (χ1n) is 14.8. The zero-order valence-corrected chi connectivity index (χ0v) is 25.7. The lowest BCUT2D eigenvalue weighted by Crippen LogP contribution is -2.55. The Morgan fingerprint density at radius 1 is 1.05 bits per heavy atom. The van der Waals surface area contributed by atoms with E-state index < -0.39 is 11.6 Å². The van der Waals surface area contributed by atoms with Crippen LogP contribution in [-0.2, 0) is 20.8 Å². The van der Waals surface area contributed by atoms with Crippen molar-refractivity contribution < 1.29 is 19.1 Å². The molecule has 1 aliphatic carbocycles. The lowest BCUT2D eigenvalue weighted by molar-refractivity contribution is -0.128. The predicted octanol–water partition coefficient (Wildman–Crippen LogP) is 4.31. The van der Waals surface area contributed by atoms with E-state index in [4.69, 9.17) is 16.3 Å². The monoisotopic (exact) mass is 596 g/mol. The largest absolute Gasteiger partial charge is 0.492 e. The molecule has 0 bridgehead atoms. The van der Waals surface area contributed by atoms with Gasteiger partial charge in [-0.1, -0.05) is 80.8 Å². The van der Waals surface area contributed by atoms with Crippen molar-refractivity contribution in [2.45, 2.75) is 70.0 Å². The van der Waals surface area contributed by atoms with Gasteiger partial charge in [0.2, 0.25) is 11.8 Å². The molecule has 9 heteroatoms. The van der Waals surface area contributed by atoms with Crippen LogP contribution >= 0.6 is 11.6 Å². The Labute approximate surface area is 255 Å². The zero-order valence-electron chi connectivity index (χ0n) is 25.0. The molecule has 42 heavy (non-hydrogen) atoms. The highest BCUT2D eigenvalue weighted by Crippen LogP contribution is 2.28. The summed E-state index contributed by atoms with van der Waals surface area (Å²) in [6.07, 6.45) is 9.23. The smallest absolute Gasteiger partial charge is 0.237 e. The van der Waals surface area contributed by atoms with Gasteiger partial charge in [-0.05, 0) is 62.4 Å². The van der Waals surface area contributed by atoms with Gasteiger partial charge in [0.05, 0.1) is 17.6 Å². The highest BCUT2D eigenvalue weighted by molar-refractivity contribution is 6.30. The molecule has 2 amide bonds. The number of halogens is 1. The fraction of sp³-hybridized carbons (Fsp3) is 0.485. The van der Waals surface area contributed by atoms with Crippen molar-refractivity contribution in [2.24, 2.45) is 5.92 Å². The second-order valence-electron chi connectivity index (χ2n) is 11.3. The van der Waals surface area contributed by atoms with Crippen molar-refractivity contribution in [1.82, 2.24) is 21.3 Å². The Morgan fingerprint density at radius 2 is 1.81 bits per heavy atom. The summed E-state index contributed by atoms with van der Waals surface area (Å²) in [5.41, 5.74) is 1.16. The third-order valence-electron chi connectivity index (χ3n) is 7.47. The molecule has 0 aromatic heterocycles. The summed E-state index contributed by atoms with van der Waals surface area (Å²) in [5, 5.41) is 13.0. The maximum Gasteiger partial charge on any atom is 0.237 e. The number of para-hydroxylation sites is 1. The second-order valence-corrected chi connectivity index (χ2v) is 11.8. The number of nitrogens with one attached hydrogen (secondary N) is 4. The van der Waals surface area contributed by atoms with Gasteiger partial charge < -0.3 is 30.8 Å². The van der Waals surface area contributed by atoms with Gasteiger partial charge in [0.15, 0.2) is 0 Å². The summed E-state index contributed by atoms with van der Waals surface area (Å²) in [4.78, 5) is 37.5. The van der Waals surface area contributed by atoms with Crippen molar-refractivity contribution in [1.29, 1.82) is 0 Å². The minimum atomic E-state index is -0.723. The highest BCUT2D eigenvalue weighted by Gasteiger charge is 2.36. The SMILES string of the molecule is CNC(Cc1cccc(Cl)c1)C(=O)NC/C=C/c1ccccc1OCCNC(CC(C)C)C(=O)NC1(C=O)CCCC1. The van der Waals surface area contributed by atoms with E-state index in [1.165, 1.54) is 0 Å². The van der Waals surface area contributed by atoms with Gasteiger partial charge in [0.1, 0.15) is 18.6 Å². The minimum absolute atomic E-state index is 0.0929. The number of ether oxygens (including phenoxy) is 1. The van der Waals surface area contributed by atoms with Crippen LogP contribution in [0.4, 0.5) is 0 Å². The zero-order chi connectivity index (χ0) is 30.4. The van der Waals surface area contributed by atoms with E-state index in [0.29, 0.717) is 62.1 Å². The van der Waals surface area contributed by atoms with E-state index in [0.717, 1.165) is 30.3 Å². The molecule has 0 spiro atoms. The van der Waals surface area contributed by atoms with Crippen molar-refractivity contribution in [2.75, 3.05) is 26.7 Å². The third-order valence-corrected chi connectivity index (χ3v) is 7.71. The van der Waals surface area contributed by atoms with E-state index in [2.05, 4.69) is 35.1 Å². The molecule has 1 aliphatic rings. The molecular weight excluding hydrogens is 552 g/mol. The van der Waals surface area contributed by atoms with Crippen LogP contribution in [0.2, 0.25) is 5.02 Å². The molecule has 0 saturated heterocycles. The van der Waals surface area contributed by atoms with Crippen LogP contribution in [0.5, 0.6) is 5.75 Å².